The van der Waals surface area contributed by atoms with Crippen molar-refractivity contribution in [3.63, 3.8) is 0 Å². The predicted molar refractivity (Wildman–Crippen MR) is 57.6 cm³/mol. The van der Waals surface area contributed by atoms with Gasteiger partial charge in [-0.1, -0.05) is 12.8 Å². The standard InChI is InChI=1S/C10H17NO2S/c12-10(7-14)11-5-6-13-9-4-2-1-3-8(9)11/h8-9,14H,1-7H2. The van der Waals surface area contributed by atoms with Crippen LogP contribution in [0.15, 0.2) is 0 Å². The molecule has 2 aliphatic rings. The number of hydrogen-bond donors (Lipinski definition) is 1. The van der Waals surface area contributed by atoms with E-state index in [-0.39, 0.29) is 5.91 Å². The molecule has 0 bridgehead atoms. The molecule has 0 aromatic heterocycles. The highest BCUT2D eigenvalue weighted by Crippen LogP contribution is 2.28. The quantitative estimate of drug-likeness (QED) is 0.663. The average Bonchev–Trinajstić information content (AvgIpc) is 2.27. The second-order valence-corrected chi connectivity index (χ2v) is 4.32. The maximum Gasteiger partial charge on any atom is 0.232 e. The van der Waals surface area contributed by atoms with Crippen molar-refractivity contribution in [3.05, 3.63) is 0 Å². The summed E-state index contributed by atoms with van der Waals surface area (Å²) in [5, 5.41) is 0. The Labute approximate surface area is 90.2 Å². The summed E-state index contributed by atoms with van der Waals surface area (Å²) >= 11 is 4.05. The predicted octanol–water partition coefficient (Wildman–Crippen LogP) is 1.09. The first-order valence-corrected chi connectivity index (χ1v) is 5.98. The molecule has 0 spiro atoms. The van der Waals surface area contributed by atoms with Gasteiger partial charge in [0.2, 0.25) is 5.91 Å². The molecule has 2 atom stereocenters. The van der Waals surface area contributed by atoms with Crippen molar-refractivity contribution >= 4 is 18.5 Å². The van der Waals surface area contributed by atoms with Crippen LogP contribution >= 0.6 is 12.6 Å². The minimum atomic E-state index is 0.161. The third kappa shape index (κ3) is 1.91. The smallest absolute Gasteiger partial charge is 0.232 e. The molecule has 2 rings (SSSR count). The Morgan fingerprint density at radius 2 is 2.21 bits per heavy atom. The molecule has 0 aromatic rings. The summed E-state index contributed by atoms with van der Waals surface area (Å²) < 4.78 is 5.69. The molecule has 1 heterocycles. The molecule has 2 fully saturated rings. The van der Waals surface area contributed by atoms with Gasteiger partial charge in [-0.3, -0.25) is 4.79 Å². The van der Waals surface area contributed by atoms with Crippen molar-refractivity contribution in [3.8, 4) is 0 Å². The van der Waals surface area contributed by atoms with E-state index in [9.17, 15) is 4.79 Å². The van der Waals surface area contributed by atoms with Gasteiger partial charge in [0.05, 0.1) is 24.5 Å². The Morgan fingerprint density at radius 1 is 1.43 bits per heavy atom. The lowest BCUT2D eigenvalue weighted by atomic mass is 9.90. The van der Waals surface area contributed by atoms with Gasteiger partial charge in [-0.05, 0) is 12.8 Å². The molecular formula is C10H17NO2S. The van der Waals surface area contributed by atoms with Crippen molar-refractivity contribution in [2.45, 2.75) is 37.8 Å². The van der Waals surface area contributed by atoms with Gasteiger partial charge in [-0.15, -0.1) is 0 Å². The van der Waals surface area contributed by atoms with Gasteiger partial charge in [0.1, 0.15) is 0 Å². The Bertz CT molecular complexity index is 220. The molecule has 1 aliphatic heterocycles. The van der Waals surface area contributed by atoms with E-state index in [0.717, 1.165) is 19.4 Å². The third-order valence-corrected chi connectivity index (χ3v) is 3.46. The number of nitrogens with zero attached hydrogens (tertiary/aromatic N) is 1. The number of morpholine rings is 1. The fourth-order valence-electron chi connectivity index (χ4n) is 2.50. The van der Waals surface area contributed by atoms with Crippen molar-refractivity contribution in [1.29, 1.82) is 0 Å². The van der Waals surface area contributed by atoms with Crippen LogP contribution in [-0.4, -0.2) is 41.9 Å². The summed E-state index contributed by atoms with van der Waals surface area (Å²) in [5.74, 6) is 0.483. The third-order valence-electron chi connectivity index (χ3n) is 3.19. The Morgan fingerprint density at radius 3 is 3.00 bits per heavy atom. The number of hydrogen-bond acceptors (Lipinski definition) is 3. The van der Waals surface area contributed by atoms with Crippen LogP contribution < -0.4 is 0 Å². The fourth-order valence-corrected chi connectivity index (χ4v) is 2.68. The molecule has 1 saturated carbocycles. The maximum absolute atomic E-state index is 11.6. The van der Waals surface area contributed by atoms with Crippen LogP contribution in [0.1, 0.15) is 25.7 Å². The molecule has 0 N–H and O–H groups in total. The van der Waals surface area contributed by atoms with E-state index in [0.29, 0.717) is 24.5 Å². The number of ether oxygens (including phenoxy) is 1. The Hall–Kier alpha value is -0.220. The summed E-state index contributed by atoms with van der Waals surface area (Å²) in [5.41, 5.74) is 0. The second kappa shape index (κ2) is 4.53. The van der Waals surface area contributed by atoms with Crippen molar-refractivity contribution < 1.29 is 9.53 Å². The first kappa shape index (κ1) is 10.3. The topological polar surface area (TPSA) is 29.5 Å². The van der Waals surface area contributed by atoms with E-state index in [2.05, 4.69) is 12.6 Å². The van der Waals surface area contributed by atoms with Gasteiger partial charge >= 0.3 is 0 Å². The summed E-state index contributed by atoms with van der Waals surface area (Å²) in [4.78, 5) is 13.6. The average molecular weight is 215 g/mol. The van der Waals surface area contributed by atoms with Crippen LogP contribution in [0.3, 0.4) is 0 Å². The zero-order valence-electron chi connectivity index (χ0n) is 8.32. The van der Waals surface area contributed by atoms with E-state index >= 15 is 0 Å². The van der Waals surface area contributed by atoms with Crippen molar-refractivity contribution in [1.82, 2.24) is 4.90 Å². The monoisotopic (exact) mass is 215 g/mol. The van der Waals surface area contributed by atoms with E-state index < -0.39 is 0 Å². The summed E-state index contributed by atoms with van der Waals surface area (Å²) in [7, 11) is 0. The van der Waals surface area contributed by atoms with Crippen LogP contribution in [0.25, 0.3) is 0 Å². The number of rotatable bonds is 1. The molecule has 1 saturated heterocycles. The lowest BCUT2D eigenvalue weighted by Gasteiger charge is -2.43. The zero-order valence-corrected chi connectivity index (χ0v) is 9.21. The summed E-state index contributed by atoms with van der Waals surface area (Å²) in [6, 6.07) is 0.331. The minimum absolute atomic E-state index is 0.161. The Balaban J connectivity index is 2.04. The highest BCUT2D eigenvalue weighted by atomic mass is 32.1. The van der Waals surface area contributed by atoms with Crippen LogP contribution in [0.5, 0.6) is 0 Å². The summed E-state index contributed by atoms with van der Waals surface area (Å²) in [6.07, 6.45) is 4.97. The SMILES string of the molecule is O=C(CS)N1CCOC2CCCCC21. The lowest BCUT2D eigenvalue weighted by Crippen LogP contribution is -2.55. The first-order chi connectivity index (χ1) is 6.83. The number of fused-ring (bicyclic) bond motifs is 1. The molecule has 3 nitrogen and oxygen atoms in total. The molecular weight excluding hydrogens is 198 g/mol. The van der Waals surface area contributed by atoms with Crippen LogP contribution in [0.2, 0.25) is 0 Å². The van der Waals surface area contributed by atoms with Crippen LogP contribution in [0.4, 0.5) is 0 Å². The minimum Gasteiger partial charge on any atom is -0.374 e. The van der Waals surface area contributed by atoms with Gasteiger partial charge in [-0.25, -0.2) is 0 Å². The van der Waals surface area contributed by atoms with E-state index in [1.165, 1.54) is 12.8 Å². The van der Waals surface area contributed by atoms with Gasteiger partial charge in [0, 0.05) is 6.54 Å². The van der Waals surface area contributed by atoms with Gasteiger partial charge in [-0.2, -0.15) is 12.6 Å². The number of thiol groups is 1. The highest BCUT2D eigenvalue weighted by molar-refractivity contribution is 7.81. The van der Waals surface area contributed by atoms with Gasteiger partial charge in [0.15, 0.2) is 0 Å². The fraction of sp³-hybridized carbons (Fsp3) is 0.900. The molecule has 0 radical (unpaired) electrons. The molecule has 1 aliphatic carbocycles. The van der Waals surface area contributed by atoms with E-state index in [1.807, 2.05) is 4.90 Å². The van der Waals surface area contributed by atoms with Crippen molar-refractivity contribution in [2.75, 3.05) is 18.9 Å². The molecule has 80 valence electrons. The number of carbonyl (C=O) groups is 1. The van der Waals surface area contributed by atoms with Crippen molar-refractivity contribution in [2.24, 2.45) is 0 Å². The van der Waals surface area contributed by atoms with Gasteiger partial charge < -0.3 is 9.64 Å². The highest BCUT2D eigenvalue weighted by Gasteiger charge is 2.35. The summed E-state index contributed by atoms with van der Waals surface area (Å²) in [6.45, 7) is 1.45. The molecule has 14 heavy (non-hydrogen) atoms. The number of carbonyl (C=O) groups excluding carboxylic acids is 1. The normalized spacial score (nSPS) is 32.5. The first-order valence-electron chi connectivity index (χ1n) is 5.35. The molecule has 4 heteroatoms. The maximum atomic E-state index is 11.6. The van der Waals surface area contributed by atoms with Gasteiger partial charge in [0.25, 0.3) is 0 Å². The van der Waals surface area contributed by atoms with E-state index in [4.69, 9.17) is 4.74 Å². The Kier molecular flexibility index (Phi) is 3.34. The zero-order chi connectivity index (χ0) is 9.97. The largest absolute Gasteiger partial charge is 0.374 e. The van der Waals surface area contributed by atoms with Crippen LogP contribution in [0, 0.1) is 0 Å². The molecule has 0 aromatic carbocycles. The van der Waals surface area contributed by atoms with Crippen LogP contribution in [-0.2, 0) is 9.53 Å². The second-order valence-electron chi connectivity index (χ2n) is 4.01. The molecule has 1 amide bonds. The number of amides is 1. The molecule has 2 unspecified atom stereocenters. The van der Waals surface area contributed by atoms with E-state index in [1.54, 1.807) is 0 Å². The lowest BCUT2D eigenvalue weighted by molar-refractivity contribution is -0.146.